The molecule has 0 bridgehead atoms. The number of nitrogens with one attached hydrogen (secondary N) is 1. The summed E-state index contributed by atoms with van der Waals surface area (Å²) in [7, 11) is 0. The summed E-state index contributed by atoms with van der Waals surface area (Å²) in [6, 6.07) is 18.0. The first-order chi connectivity index (χ1) is 14.2. The molecule has 2 aromatic carbocycles. The Morgan fingerprint density at radius 2 is 1.76 bits per heavy atom. The van der Waals surface area contributed by atoms with Gasteiger partial charge >= 0.3 is 0 Å². The second-order valence-electron chi connectivity index (χ2n) is 7.29. The standard InChI is InChI=1S/C23H25N3O2S/c27-22(17-21-23(28)24-19-10-4-5-11-20(19)29-21)26-15-13-25(14-16-26)12-6-9-18-7-2-1-3-8-18/h1-11,21H,12-17H2,(H,24,28). The molecule has 29 heavy (non-hydrogen) atoms. The smallest absolute Gasteiger partial charge is 0.238 e. The van der Waals surface area contributed by atoms with Crippen molar-refractivity contribution >= 4 is 35.3 Å². The summed E-state index contributed by atoms with van der Waals surface area (Å²) in [6.07, 6.45) is 4.56. The lowest BCUT2D eigenvalue weighted by Crippen LogP contribution is -2.49. The maximum atomic E-state index is 12.7. The van der Waals surface area contributed by atoms with Crippen molar-refractivity contribution < 1.29 is 9.59 Å². The van der Waals surface area contributed by atoms with Crippen LogP contribution in [0.25, 0.3) is 6.08 Å². The molecule has 0 radical (unpaired) electrons. The lowest BCUT2D eigenvalue weighted by molar-refractivity contribution is -0.134. The molecule has 2 aliphatic heterocycles. The Morgan fingerprint density at radius 1 is 1.03 bits per heavy atom. The van der Waals surface area contributed by atoms with Gasteiger partial charge < -0.3 is 10.2 Å². The van der Waals surface area contributed by atoms with E-state index in [9.17, 15) is 9.59 Å². The van der Waals surface area contributed by atoms with E-state index < -0.39 is 0 Å². The first-order valence-corrected chi connectivity index (χ1v) is 10.9. The SMILES string of the molecule is O=C1Nc2ccccc2SC1CC(=O)N1CCN(CC=Cc2ccccc2)CC1. The molecule has 0 aromatic heterocycles. The van der Waals surface area contributed by atoms with Crippen molar-refractivity contribution in [2.45, 2.75) is 16.6 Å². The zero-order valence-corrected chi connectivity index (χ0v) is 17.1. The molecule has 2 aliphatic rings. The van der Waals surface area contributed by atoms with Crippen molar-refractivity contribution in [3.8, 4) is 0 Å². The van der Waals surface area contributed by atoms with Crippen molar-refractivity contribution in [1.82, 2.24) is 9.80 Å². The Hall–Kier alpha value is -2.57. The molecule has 5 nitrogen and oxygen atoms in total. The molecule has 0 aliphatic carbocycles. The molecule has 1 saturated heterocycles. The van der Waals surface area contributed by atoms with Crippen molar-refractivity contribution in [1.29, 1.82) is 0 Å². The first kappa shape index (κ1) is 19.7. The third kappa shape index (κ3) is 5.08. The van der Waals surface area contributed by atoms with Gasteiger partial charge in [0.2, 0.25) is 11.8 Å². The quantitative estimate of drug-likeness (QED) is 0.826. The molecular formula is C23H25N3O2S. The monoisotopic (exact) mass is 407 g/mol. The lowest BCUT2D eigenvalue weighted by atomic mass is 10.2. The van der Waals surface area contributed by atoms with Gasteiger partial charge in [0.15, 0.2) is 0 Å². The molecule has 1 N–H and O–H groups in total. The molecule has 1 unspecified atom stereocenters. The fraction of sp³-hybridized carbons (Fsp3) is 0.304. The van der Waals surface area contributed by atoms with Crippen LogP contribution in [0.5, 0.6) is 0 Å². The molecule has 2 amide bonds. The van der Waals surface area contributed by atoms with Gasteiger partial charge in [0.05, 0.1) is 10.9 Å². The molecule has 6 heteroatoms. The lowest BCUT2D eigenvalue weighted by Gasteiger charge is -2.35. The van der Waals surface area contributed by atoms with E-state index in [1.54, 1.807) is 0 Å². The van der Waals surface area contributed by atoms with Gasteiger partial charge in [-0.05, 0) is 17.7 Å². The Balaban J connectivity index is 1.24. The van der Waals surface area contributed by atoms with Gasteiger partial charge in [-0.15, -0.1) is 11.8 Å². The Morgan fingerprint density at radius 3 is 2.55 bits per heavy atom. The highest BCUT2D eigenvalue weighted by Gasteiger charge is 2.31. The molecule has 0 spiro atoms. The molecule has 0 saturated carbocycles. The van der Waals surface area contributed by atoms with Crippen molar-refractivity contribution in [2.75, 3.05) is 38.0 Å². The number of rotatable bonds is 5. The van der Waals surface area contributed by atoms with Gasteiger partial charge in [-0.25, -0.2) is 0 Å². The second-order valence-corrected chi connectivity index (χ2v) is 8.54. The third-order valence-electron chi connectivity index (χ3n) is 5.27. The number of nitrogens with zero attached hydrogens (tertiary/aromatic N) is 2. The van der Waals surface area contributed by atoms with Crippen molar-refractivity contribution in [2.24, 2.45) is 0 Å². The molecule has 1 atom stereocenters. The van der Waals surface area contributed by atoms with Gasteiger partial charge in [0.25, 0.3) is 0 Å². The number of para-hydroxylation sites is 1. The summed E-state index contributed by atoms with van der Waals surface area (Å²) in [5, 5.41) is 2.56. The number of carbonyl (C=O) groups excluding carboxylic acids is 2. The summed E-state index contributed by atoms with van der Waals surface area (Å²) in [4.78, 5) is 30.3. The predicted octanol–water partition coefficient (Wildman–Crippen LogP) is 3.35. The number of anilines is 1. The highest BCUT2D eigenvalue weighted by atomic mass is 32.2. The fourth-order valence-electron chi connectivity index (χ4n) is 3.60. The average molecular weight is 408 g/mol. The summed E-state index contributed by atoms with van der Waals surface area (Å²) in [5.41, 5.74) is 2.04. The number of piperazine rings is 1. The predicted molar refractivity (Wildman–Crippen MR) is 118 cm³/mol. The van der Waals surface area contributed by atoms with E-state index in [1.807, 2.05) is 47.4 Å². The van der Waals surface area contributed by atoms with E-state index in [0.29, 0.717) is 13.1 Å². The Bertz CT molecular complexity index is 892. The number of hydrogen-bond donors (Lipinski definition) is 1. The number of thioether (sulfide) groups is 1. The van der Waals surface area contributed by atoms with Crippen LogP contribution in [0.1, 0.15) is 12.0 Å². The van der Waals surface area contributed by atoms with Crippen LogP contribution >= 0.6 is 11.8 Å². The van der Waals surface area contributed by atoms with Gasteiger partial charge in [-0.2, -0.15) is 0 Å². The second kappa shape index (κ2) is 9.29. The average Bonchev–Trinajstić information content (AvgIpc) is 2.75. The third-order valence-corrected chi connectivity index (χ3v) is 6.54. The molecule has 2 heterocycles. The highest BCUT2D eigenvalue weighted by molar-refractivity contribution is 8.01. The normalized spacial score (nSPS) is 19.8. The molecule has 1 fully saturated rings. The van der Waals surface area contributed by atoms with Crippen LogP contribution in [0.2, 0.25) is 0 Å². The zero-order chi connectivity index (χ0) is 20.1. The van der Waals surface area contributed by atoms with Crippen LogP contribution in [0, 0.1) is 0 Å². The number of benzene rings is 2. The Kier molecular flexibility index (Phi) is 6.32. The van der Waals surface area contributed by atoms with Crippen LogP contribution < -0.4 is 5.32 Å². The highest BCUT2D eigenvalue weighted by Crippen LogP contribution is 2.36. The maximum absolute atomic E-state index is 12.7. The van der Waals surface area contributed by atoms with Crippen molar-refractivity contribution in [3.63, 3.8) is 0 Å². The minimum atomic E-state index is -0.357. The maximum Gasteiger partial charge on any atom is 0.238 e. The van der Waals surface area contributed by atoms with E-state index in [4.69, 9.17) is 0 Å². The van der Waals surface area contributed by atoms with Crippen LogP contribution in [-0.4, -0.2) is 59.6 Å². The van der Waals surface area contributed by atoms with Gasteiger partial charge in [-0.3, -0.25) is 14.5 Å². The zero-order valence-electron chi connectivity index (χ0n) is 16.3. The minimum Gasteiger partial charge on any atom is -0.340 e. The molecule has 4 rings (SSSR count). The number of fused-ring (bicyclic) bond motifs is 1. The van der Waals surface area contributed by atoms with Gasteiger partial charge in [-0.1, -0.05) is 54.6 Å². The van der Waals surface area contributed by atoms with E-state index in [2.05, 4.69) is 34.5 Å². The molecule has 150 valence electrons. The van der Waals surface area contributed by atoms with Crippen LogP contribution in [0.4, 0.5) is 5.69 Å². The van der Waals surface area contributed by atoms with Crippen molar-refractivity contribution in [3.05, 3.63) is 66.2 Å². The topological polar surface area (TPSA) is 52.7 Å². The fourth-order valence-corrected chi connectivity index (χ4v) is 4.70. The van der Waals surface area contributed by atoms with Crippen LogP contribution in [-0.2, 0) is 9.59 Å². The number of hydrogen-bond acceptors (Lipinski definition) is 4. The summed E-state index contributed by atoms with van der Waals surface area (Å²) < 4.78 is 0. The summed E-state index contributed by atoms with van der Waals surface area (Å²) in [5.74, 6) is -0.0109. The van der Waals surface area contributed by atoms with E-state index >= 15 is 0 Å². The number of carbonyl (C=O) groups is 2. The summed E-state index contributed by atoms with van der Waals surface area (Å²) >= 11 is 1.49. The van der Waals surface area contributed by atoms with E-state index in [-0.39, 0.29) is 23.5 Å². The van der Waals surface area contributed by atoms with Crippen LogP contribution in [0.15, 0.2) is 65.6 Å². The first-order valence-electron chi connectivity index (χ1n) is 9.97. The summed E-state index contributed by atoms with van der Waals surface area (Å²) in [6.45, 7) is 4.03. The molecule has 2 aromatic rings. The number of amides is 2. The Labute approximate surface area is 175 Å². The minimum absolute atomic E-state index is 0.0662. The van der Waals surface area contributed by atoms with Gasteiger partial charge in [0.1, 0.15) is 0 Å². The van der Waals surface area contributed by atoms with Gasteiger partial charge in [0, 0.05) is 44.0 Å². The van der Waals surface area contributed by atoms with Crippen LogP contribution in [0.3, 0.4) is 0 Å². The van der Waals surface area contributed by atoms with E-state index in [1.165, 1.54) is 17.3 Å². The van der Waals surface area contributed by atoms with E-state index in [0.717, 1.165) is 30.2 Å². The largest absolute Gasteiger partial charge is 0.340 e. The molecular weight excluding hydrogens is 382 g/mol.